The number of aromatic amines is 1. The van der Waals surface area contributed by atoms with E-state index >= 15 is 0 Å². The van der Waals surface area contributed by atoms with Gasteiger partial charge in [-0.05, 0) is 12.3 Å². The van der Waals surface area contributed by atoms with E-state index in [0.29, 0.717) is 11.3 Å². The first-order valence-electron chi connectivity index (χ1n) is 12.5. The van der Waals surface area contributed by atoms with Crippen LogP contribution in [0.3, 0.4) is 0 Å². The zero-order valence-corrected chi connectivity index (χ0v) is 22.2. The average molecular weight is 568 g/mol. The van der Waals surface area contributed by atoms with Crippen molar-refractivity contribution in [3.8, 4) is 0 Å². The third-order valence-corrected chi connectivity index (χ3v) is 6.28. The average Bonchev–Trinajstić information content (AvgIpc) is 3.56. The topological polar surface area (TPSA) is 257 Å². The third-order valence-electron chi connectivity index (χ3n) is 6.28. The Morgan fingerprint density at radius 1 is 1.10 bits per heavy atom. The van der Waals surface area contributed by atoms with Gasteiger partial charge in [0.05, 0.1) is 13.0 Å². The van der Waals surface area contributed by atoms with Crippen LogP contribution in [0.1, 0.15) is 51.8 Å². The minimum absolute atomic E-state index is 0.0839. The zero-order valence-electron chi connectivity index (χ0n) is 22.2. The SMILES string of the molecule is CC[C@H](C)[C@H](NC(=O)CCC(=O)O)C(=O)N[C@@H](CCC(=O)O)C(=O)N1C(=O)NC[C@H]1C(=O)N(C)Cc1nn[nH]n1. The number of imide groups is 1. The summed E-state index contributed by atoms with van der Waals surface area (Å²) in [7, 11) is 1.40. The molecule has 1 fully saturated rings. The Kier molecular flexibility index (Phi) is 11.4. The Morgan fingerprint density at radius 3 is 2.35 bits per heavy atom. The van der Waals surface area contributed by atoms with Crippen LogP contribution in [0, 0.1) is 5.92 Å². The van der Waals surface area contributed by atoms with Crippen LogP contribution in [-0.2, 0) is 35.3 Å². The molecule has 1 aromatic rings. The van der Waals surface area contributed by atoms with Crippen LogP contribution in [0.15, 0.2) is 0 Å². The molecule has 0 radical (unpaired) electrons. The third kappa shape index (κ3) is 8.70. The van der Waals surface area contributed by atoms with E-state index in [1.807, 2.05) is 0 Å². The molecule has 0 aromatic carbocycles. The van der Waals surface area contributed by atoms with Crippen LogP contribution in [0.4, 0.5) is 4.79 Å². The van der Waals surface area contributed by atoms with Crippen molar-refractivity contribution in [2.24, 2.45) is 5.92 Å². The molecule has 0 aliphatic carbocycles. The van der Waals surface area contributed by atoms with Crippen molar-refractivity contribution < 1.29 is 43.8 Å². The van der Waals surface area contributed by atoms with Crippen LogP contribution in [0.2, 0.25) is 0 Å². The van der Waals surface area contributed by atoms with Gasteiger partial charge in [0.25, 0.3) is 5.91 Å². The highest BCUT2D eigenvalue weighted by atomic mass is 16.4. The smallest absolute Gasteiger partial charge is 0.325 e. The van der Waals surface area contributed by atoms with Crippen molar-refractivity contribution in [2.75, 3.05) is 13.6 Å². The lowest BCUT2D eigenvalue weighted by Gasteiger charge is -2.30. The quantitative estimate of drug-likeness (QED) is 0.132. The predicted octanol–water partition coefficient (Wildman–Crippen LogP) is -2.18. The molecule has 0 saturated carbocycles. The van der Waals surface area contributed by atoms with Crippen molar-refractivity contribution in [3.63, 3.8) is 0 Å². The molecule has 6 amide bonds. The standard InChI is InChI=1S/C22H33N9O9/c1-4-11(2)18(25-15(32)6-8-17(35)36)19(37)24-12(5-7-16(33)34)20(38)31-13(9-23-22(31)40)21(39)30(3)10-14-26-28-29-27-14/h11-13,18H,4-10H2,1-3H3,(H,23,40)(H,24,37)(H,25,32)(H,33,34)(H,35,36)(H,26,27,28,29)/t11-,12-,13-,18-/m0/s1. The van der Waals surface area contributed by atoms with Gasteiger partial charge in [0.2, 0.25) is 17.7 Å². The zero-order chi connectivity index (χ0) is 30.0. The number of aromatic nitrogens is 4. The summed E-state index contributed by atoms with van der Waals surface area (Å²) in [5.74, 6) is -5.95. The maximum Gasteiger partial charge on any atom is 0.325 e. The van der Waals surface area contributed by atoms with Gasteiger partial charge in [-0.2, -0.15) is 5.21 Å². The molecule has 1 aromatic heterocycles. The van der Waals surface area contributed by atoms with E-state index in [2.05, 4.69) is 36.6 Å². The van der Waals surface area contributed by atoms with Gasteiger partial charge in [0, 0.05) is 26.4 Å². The molecule has 18 heteroatoms. The maximum atomic E-state index is 13.5. The number of aliphatic carboxylic acids is 2. The summed E-state index contributed by atoms with van der Waals surface area (Å²) in [6.45, 7) is 3.09. The number of carbonyl (C=O) groups is 7. The van der Waals surface area contributed by atoms with E-state index in [1.54, 1.807) is 13.8 Å². The normalized spacial score (nSPS) is 16.8. The molecule has 2 rings (SSSR count). The molecule has 0 bridgehead atoms. The highest BCUT2D eigenvalue weighted by Crippen LogP contribution is 2.16. The Bertz CT molecular complexity index is 1110. The first kappa shape index (κ1) is 31.6. The van der Waals surface area contributed by atoms with Gasteiger partial charge in [-0.1, -0.05) is 25.5 Å². The van der Waals surface area contributed by atoms with Gasteiger partial charge in [-0.15, -0.1) is 10.2 Å². The highest BCUT2D eigenvalue weighted by molar-refractivity contribution is 6.05. The highest BCUT2D eigenvalue weighted by Gasteiger charge is 2.44. The molecule has 2 heterocycles. The predicted molar refractivity (Wildman–Crippen MR) is 132 cm³/mol. The number of carbonyl (C=O) groups excluding carboxylic acids is 5. The fourth-order valence-corrected chi connectivity index (χ4v) is 3.87. The van der Waals surface area contributed by atoms with Crippen LogP contribution < -0.4 is 16.0 Å². The molecule has 1 aliphatic heterocycles. The number of likely N-dealkylation sites (N-methyl/N-ethyl adjacent to an activating group) is 1. The molecule has 4 atom stereocenters. The van der Waals surface area contributed by atoms with Crippen LogP contribution in [0.25, 0.3) is 0 Å². The summed E-state index contributed by atoms with van der Waals surface area (Å²) in [5.41, 5.74) is 0. The number of nitrogens with zero attached hydrogens (tertiary/aromatic N) is 5. The Balaban J connectivity index is 2.24. The lowest BCUT2D eigenvalue weighted by atomic mass is 9.97. The molecule has 40 heavy (non-hydrogen) atoms. The summed E-state index contributed by atoms with van der Waals surface area (Å²) >= 11 is 0. The van der Waals surface area contributed by atoms with Gasteiger partial charge in [-0.3, -0.25) is 28.8 Å². The Labute approximate surface area is 228 Å². The van der Waals surface area contributed by atoms with Crippen LogP contribution in [0.5, 0.6) is 0 Å². The van der Waals surface area contributed by atoms with E-state index in [4.69, 9.17) is 5.11 Å². The summed E-state index contributed by atoms with van der Waals surface area (Å²) in [6.07, 6.45) is -1.39. The monoisotopic (exact) mass is 567 g/mol. The number of rotatable bonds is 15. The van der Waals surface area contributed by atoms with E-state index in [0.717, 1.165) is 0 Å². The Hall–Kier alpha value is -4.64. The number of tetrazole rings is 1. The molecular weight excluding hydrogens is 534 g/mol. The molecule has 0 unspecified atom stereocenters. The van der Waals surface area contributed by atoms with Crippen molar-refractivity contribution in [3.05, 3.63) is 5.82 Å². The number of H-pyrrole nitrogens is 1. The van der Waals surface area contributed by atoms with Gasteiger partial charge < -0.3 is 31.1 Å². The number of hydrogen-bond donors (Lipinski definition) is 6. The lowest BCUT2D eigenvalue weighted by Crippen LogP contribution is -2.58. The second-order valence-electron chi connectivity index (χ2n) is 9.25. The van der Waals surface area contributed by atoms with E-state index < -0.39 is 84.9 Å². The van der Waals surface area contributed by atoms with E-state index in [1.165, 1.54) is 11.9 Å². The largest absolute Gasteiger partial charge is 0.481 e. The molecular formula is C22H33N9O9. The Morgan fingerprint density at radius 2 is 1.77 bits per heavy atom. The van der Waals surface area contributed by atoms with Crippen molar-refractivity contribution >= 4 is 41.6 Å². The maximum absolute atomic E-state index is 13.5. The van der Waals surface area contributed by atoms with Crippen molar-refractivity contribution in [1.29, 1.82) is 0 Å². The first-order chi connectivity index (χ1) is 18.8. The van der Waals surface area contributed by atoms with Gasteiger partial charge in [0.1, 0.15) is 18.1 Å². The molecule has 1 saturated heterocycles. The fourth-order valence-electron chi connectivity index (χ4n) is 3.87. The number of carboxylic acid groups (broad SMARTS) is 2. The summed E-state index contributed by atoms with van der Waals surface area (Å²) in [6, 6.07) is -4.93. The molecule has 1 aliphatic rings. The summed E-state index contributed by atoms with van der Waals surface area (Å²) in [4.78, 5) is 88.5. The van der Waals surface area contributed by atoms with Crippen molar-refractivity contribution in [1.82, 2.24) is 46.4 Å². The number of nitrogens with one attached hydrogen (secondary N) is 4. The van der Waals surface area contributed by atoms with E-state index in [-0.39, 0.29) is 25.3 Å². The minimum atomic E-state index is -1.53. The number of carboxylic acids is 2. The number of urea groups is 1. The molecule has 0 spiro atoms. The molecule has 18 nitrogen and oxygen atoms in total. The lowest BCUT2D eigenvalue weighted by molar-refractivity contribution is -0.144. The van der Waals surface area contributed by atoms with Gasteiger partial charge in [0.15, 0.2) is 5.82 Å². The number of hydrogen-bond acceptors (Lipinski definition) is 10. The van der Waals surface area contributed by atoms with Gasteiger partial charge in [-0.25, -0.2) is 9.69 Å². The summed E-state index contributed by atoms with van der Waals surface area (Å²) < 4.78 is 0. The second kappa shape index (κ2) is 14.5. The van der Waals surface area contributed by atoms with E-state index in [9.17, 15) is 38.7 Å². The number of amides is 6. The molecule has 6 N–H and O–H groups in total. The fraction of sp³-hybridized carbons (Fsp3) is 0.636. The first-order valence-corrected chi connectivity index (χ1v) is 12.5. The molecule has 220 valence electrons. The van der Waals surface area contributed by atoms with Gasteiger partial charge >= 0.3 is 18.0 Å². The summed E-state index contributed by atoms with van der Waals surface area (Å²) in [5, 5.41) is 38.4. The van der Waals surface area contributed by atoms with Crippen LogP contribution in [-0.4, -0.2) is 114 Å². The van der Waals surface area contributed by atoms with Crippen molar-refractivity contribution in [2.45, 2.75) is 70.6 Å². The second-order valence-corrected chi connectivity index (χ2v) is 9.25. The van der Waals surface area contributed by atoms with Crippen LogP contribution >= 0.6 is 0 Å². The minimum Gasteiger partial charge on any atom is -0.481 e.